The van der Waals surface area contributed by atoms with E-state index in [4.69, 9.17) is 40.3 Å². The molecule has 1 heterocycles. The second-order valence-electron chi connectivity index (χ2n) is 8.54. The van der Waals surface area contributed by atoms with E-state index in [1.54, 1.807) is 57.2 Å². The minimum absolute atomic E-state index is 0.142. The normalized spacial score (nSPS) is 12.0. The van der Waals surface area contributed by atoms with Crippen LogP contribution in [0.3, 0.4) is 0 Å². The summed E-state index contributed by atoms with van der Waals surface area (Å²) < 4.78 is 68.4. The number of aryl methyl sites for hydroxylation is 1. The number of pyridine rings is 1. The van der Waals surface area contributed by atoms with Crippen LogP contribution < -0.4 is 18.9 Å². The summed E-state index contributed by atoms with van der Waals surface area (Å²) in [6.07, 6.45) is -6.68. The Labute approximate surface area is 238 Å². The molecule has 0 bridgehead atoms. The van der Waals surface area contributed by atoms with Crippen LogP contribution in [0.4, 0.5) is 18.0 Å². The highest BCUT2D eigenvalue weighted by Gasteiger charge is 2.31. The summed E-state index contributed by atoms with van der Waals surface area (Å²) in [7, 11) is 1.50. The van der Waals surface area contributed by atoms with Gasteiger partial charge in [0.2, 0.25) is 6.29 Å². The average Bonchev–Trinajstić information content (AvgIpc) is 2.90. The molecule has 12 heteroatoms. The Bertz CT molecular complexity index is 1530. The number of aromatic nitrogens is 1. The van der Waals surface area contributed by atoms with E-state index < -0.39 is 18.8 Å². The van der Waals surface area contributed by atoms with Crippen molar-refractivity contribution < 1.29 is 46.4 Å². The smallest absolute Gasteiger partial charge is 0.495 e. The summed E-state index contributed by atoms with van der Waals surface area (Å²) in [6.45, 7) is 5.15. The summed E-state index contributed by atoms with van der Waals surface area (Å²) >= 11 is 6.42. The second-order valence-corrected chi connectivity index (χ2v) is 8.94. The number of alkyl halides is 3. The molecule has 4 aromatic rings. The fourth-order valence-electron chi connectivity index (χ4n) is 3.98. The molecule has 4 rings (SSSR count). The number of hydrogen-bond donors (Lipinski definition) is 0. The van der Waals surface area contributed by atoms with Crippen LogP contribution in [-0.4, -0.2) is 37.5 Å². The van der Waals surface area contributed by atoms with Crippen molar-refractivity contribution in [3.63, 3.8) is 0 Å². The van der Waals surface area contributed by atoms with Crippen LogP contribution in [-0.2, 0) is 9.47 Å². The highest BCUT2D eigenvalue weighted by Crippen LogP contribution is 2.42. The summed E-state index contributed by atoms with van der Waals surface area (Å²) in [6, 6.07) is 15.3. The predicted molar refractivity (Wildman–Crippen MR) is 145 cm³/mol. The number of rotatable bonds is 9. The van der Waals surface area contributed by atoms with Crippen molar-refractivity contribution in [2.24, 2.45) is 0 Å². The Balaban J connectivity index is 1.67. The first-order chi connectivity index (χ1) is 19.5. The number of halogens is 4. The SMILES string of the molecule is CCOC(=O)OC(C)Oc1c(-c2ccc(Oc3ccc(OC(F)(F)F)cc3)cc2)c(C)nc2cc(OC)c(Cl)cc12. The first-order valence-corrected chi connectivity index (χ1v) is 12.7. The average molecular weight is 592 g/mol. The zero-order valence-corrected chi connectivity index (χ0v) is 23.1. The molecule has 0 N–H and O–H groups in total. The van der Waals surface area contributed by atoms with Gasteiger partial charge in [0.1, 0.15) is 28.7 Å². The van der Waals surface area contributed by atoms with Crippen molar-refractivity contribution in [1.29, 1.82) is 0 Å². The Morgan fingerprint density at radius 1 is 1.00 bits per heavy atom. The first kappa shape index (κ1) is 29.6. The molecule has 1 atom stereocenters. The predicted octanol–water partition coefficient (Wildman–Crippen LogP) is 8.46. The van der Waals surface area contributed by atoms with Crippen LogP contribution in [0.2, 0.25) is 5.02 Å². The van der Waals surface area contributed by atoms with Crippen LogP contribution >= 0.6 is 11.6 Å². The Kier molecular flexibility index (Phi) is 8.97. The Hall–Kier alpha value is -4.38. The van der Waals surface area contributed by atoms with Gasteiger partial charge in [-0.25, -0.2) is 4.79 Å². The lowest BCUT2D eigenvalue weighted by Gasteiger charge is -2.21. The lowest BCUT2D eigenvalue weighted by Crippen LogP contribution is -2.22. The van der Waals surface area contributed by atoms with Gasteiger partial charge in [0, 0.05) is 29.6 Å². The van der Waals surface area contributed by atoms with Crippen LogP contribution in [0.25, 0.3) is 22.0 Å². The molecule has 3 aromatic carbocycles. The lowest BCUT2D eigenvalue weighted by molar-refractivity contribution is -0.274. The number of benzene rings is 3. The molecule has 0 amide bonds. The van der Waals surface area contributed by atoms with Crippen molar-refractivity contribution in [3.05, 3.63) is 71.4 Å². The van der Waals surface area contributed by atoms with Gasteiger partial charge in [0.15, 0.2) is 0 Å². The van der Waals surface area contributed by atoms with E-state index in [1.165, 1.54) is 19.2 Å². The van der Waals surface area contributed by atoms with E-state index in [2.05, 4.69) is 4.74 Å². The van der Waals surface area contributed by atoms with Gasteiger partial charge in [-0.1, -0.05) is 23.7 Å². The fraction of sp³-hybridized carbons (Fsp3) is 0.241. The number of methoxy groups -OCH3 is 1. The number of carbonyl (C=O) groups excluding carboxylic acids is 1. The standard InChI is InChI=1S/C29H25ClF3NO7/c1-5-37-28(35)39-17(3)38-27-22-14-23(30)25(36-4)15-24(22)34-16(2)26(27)18-6-8-19(9-7-18)40-20-10-12-21(13-11-20)41-29(31,32)33/h6-15,17H,5H2,1-4H3. The molecule has 0 spiro atoms. The van der Waals surface area contributed by atoms with Crippen molar-refractivity contribution in [2.75, 3.05) is 13.7 Å². The second kappa shape index (κ2) is 12.4. The van der Waals surface area contributed by atoms with Gasteiger partial charge >= 0.3 is 12.5 Å². The largest absolute Gasteiger partial charge is 0.573 e. The van der Waals surface area contributed by atoms with Crippen LogP contribution in [0.1, 0.15) is 19.5 Å². The minimum Gasteiger partial charge on any atom is -0.495 e. The molecule has 0 aliphatic rings. The monoisotopic (exact) mass is 591 g/mol. The number of carbonyl (C=O) groups is 1. The minimum atomic E-state index is -4.78. The van der Waals surface area contributed by atoms with Gasteiger partial charge < -0.3 is 28.4 Å². The molecule has 0 aliphatic heterocycles. The van der Waals surface area contributed by atoms with Crippen molar-refractivity contribution >= 4 is 28.7 Å². The quantitative estimate of drug-likeness (QED) is 0.142. The van der Waals surface area contributed by atoms with E-state index >= 15 is 0 Å². The zero-order valence-electron chi connectivity index (χ0n) is 22.4. The third-order valence-corrected chi connectivity index (χ3v) is 5.93. The van der Waals surface area contributed by atoms with E-state index in [0.29, 0.717) is 55.7 Å². The fourth-order valence-corrected chi connectivity index (χ4v) is 4.22. The van der Waals surface area contributed by atoms with Crippen molar-refractivity contribution in [2.45, 2.75) is 33.4 Å². The molecule has 8 nitrogen and oxygen atoms in total. The van der Waals surface area contributed by atoms with Gasteiger partial charge in [-0.05, 0) is 61.9 Å². The Morgan fingerprint density at radius 3 is 2.20 bits per heavy atom. The third kappa shape index (κ3) is 7.43. The lowest BCUT2D eigenvalue weighted by atomic mass is 10.00. The maximum atomic E-state index is 12.4. The molecule has 41 heavy (non-hydrogen) atoms. The van der Waals surface area contributed by atoms with Gasteiger partial charge in [-0.3, -0.25) is 4.98 Å². The summed E-state index contributed by atoms with van der Waals surface area (Å²) in [4.78, 5) is 16.6. The van der Waals surface area contributed by atoms with Crippen LogP contribution in [0.5, 0.6) is 28.7 Å². The highest BCUT2D eigenvalue weighted by atomic mass is 35.5. The van der Waals surface area contributed by atoms with Crippen LogP contribution in [0.15, 0.2) is 60.7 Å². The van der Waals surface area contributed by atoms with E-state index in [9.17, 15) is 18.0 Å². The summed E-state index contributed by atoms with van der Waals surface area (Å²) in [5.41, 5.74) is 2.46. The summed E-state index contributed by atoms with van der Waals surface area (Å²) in [5, 5.41) is 0.882. The maximum Gasteiger partial charge on any atom is 0.573 e. The Morgan fingerprint density at radius 2 is 1.61 bits per heavy atom. The molecular formula is C29H25ClF3NO7. The molecule has 1 unspecified atom stereocenters. The maximum absolute atomic E-state index is 12.4. The number of hydrogen-bond acceptors (Lipinski definition) is 8. The summed E-state index contributed by atoms with van der Waals surface area (Å²) in [5.74, 6) is 1.18. The van der Waals surface area contributed by atoms with Gasteiger partial charge in [0.05, 0.1) is 24.3 Å². The van der Waals surface area contributed by atoms with E-state index in [-0.39, 0.29) is 12.4 Å². The van der Waals surface area contributed by atoms with Gasteiger partial charge in [-0.2, -0.15) is 0 Å². The topological polar surface area (TPSA) is 85.3 Å². The molecule has 0 radical (unpaired) electrons. The molecular weight excluding hydrogens is 567 g/mol. The van der Waals surface area contributed by atoms with Crippen LogP contribution in [0, 0.1) is 6.92 Å². The zero-order chi connectivity index (χ0) is 29.7. The molecule has 1 aromatic heterocycles. The van der Waals surface area contributed by atoms with Gasteiger partial charge in [0.25, 0.3) is 0 Å². The molecule has 216 valence electrons. The third-order valence-electron chi connectivity index (χ3n) is 5.64. The number of ether oxygens (including phenoxy) is 6. The number of fused-ring (bicyclic) bond motifs is 1. The van der Waals surface area contributed by atoms with E-state index in [1.807, 2.05) is 0 Å². The molecule has 0 saturated carbocycles. The first-order valence-electron chi connectivity index (χ1n) is 12.3. The molecule has 0 saturated heterocycles. The van der Waals surface area contributed by atoms with Crippen molar-refractivity contribution in [1.82, 2.24) is 4.98 Å². The number of nitrogens with zero attached hydrogens (tertiary/aromatic N) is 1. The molecule has 0 aliphatic carbocycles. The molecule has 0 fully saturated rings. The van der Waals surface area contributed by atoms with E-state index in [0.717, 1.165) is 12.1 Å². The highest BCUT2D eigenvalue weighted by molar-refractivity contribution is 6.33. The van der Waals surface area contributed by atoms with Gasteiger partial charge in [-0.15, -0.1) is 13.2 Å². The van der Waals surface area contributed by atoms with Crippen molar-refractivity contribution in [3.8, 4) is 39.9 Å².